The van der Waals surface area contributed by atoms with E-state index in [1.807, 2.05) is 0 Å². The summed E-state index contributed by atoms with van der Waals surface area (Å²) in [5.41, 5.74) is 0.153. The van der Waals surface area contributed by atoms with Crippen molar-refractivity contribution in [1.29, 1.82) is 0 Å². The van der Waals surface area contributed by atoms with E-state index in [0.717, 1.165) is 0 Å². The summed E-state index contributed by atoms with van der Waals surface area (Å²) in [6.07, 6.45) is 1.41. The first-order valence-electron chi connectivity index (χ1n) is 4.46. The van der Waals surface area contributed by atoms with Crippen LogP contribution in [-0.4, -0.2) is 19.2 Å². The second-order valence-electron chi connectivity index (χ2n) is 2.79. The molecule has 0 aliphatic rings. The first kappa shape index (κ1) is 12.2. The van der Waals surface area contributed by atoms with Gasteiger partial charge in [0, 0.05) is 0 Å². The van der Waals surface area contributed by atoms with E-state index in [1.54, 1.807) is 0 Å². The number of carbonyl (C=O) groups excluding carboxylic acids is 1. The molecule has 0 amide bonds. The molecule has 86 valence electrons. The Morgan fingerprint density at radius 2 is 2.25 bits per heavy atom. The molecule has 0 saturated carbocycles. The Morgan fingerprint density at radius 1 is 1.50 bits per heavy atom. The van der Waals surface area contributed by atoms with Crippen molar-refractivity contribution in [3.05, 3.63) is 42.5 Å². The molecule has 1 rings (SSSR count). The number of alkyl halides is 2. The molecule has 5 heteroatoms. The Labute approximate surface area is 91.3 Å². The Hall–Kier alpha value is -1.91. The molecule has 0 saturated heterocycles. The summed E-state index contributed by atoms with van der Waals surface area (Å²) in [5.74, 6) is -0.692. The molecule has 1 aromatic rings. The van der Waals surface area contributed by atoms with E-state index in [-0.39, 0.29) is 17.9 Å². The largest absolute Gasteiger partial charge is 0.458 e. The summed E-state index contributed by atoms with van der Waals surface area (Å²) in [4.78, 5) is 11.3. The molecule has 3 nitrogen and oxygen atoms in total. The van der Waals surface area contributed by atoms with Crippen LogP contribution in [0, 0.1) is 0 Å². The van der Waals surface area contributed by atoms with Crippen molar-refractivity contribution < 1.29 is 23.0 Å². The molecular weight excluding hydrogens is 218 g/mol. The second kappa shape index (κ2) is 5.85. The van der Waals surface area contributed by atoms with Gasteiger partial charge in [-0.05, 0) is 18.2 Å². The van der Waals surface area contributed by atoms with Gasteiger partial charge in [-0.1, -0.05) is 18.7 Å². The fourth-order valence-electron chi connectivity index (χ4n) is 1.02. The summed E-state index contributed by atoms with van der Waals surface area (Å²) < 4.78 is 32.7. The van der Waals surface area contributed by atoms with Gasteiger partial charge in [0.2, 0.25) is 0 Å². The van der Waals surface area contributed by atoms with E-state index < -0.39 is 12.6 Å². The van der Waals surface area contributed by atoms with Crippen LogP contribution >= 0.6 is 0 Å². The minimum Gasteiger partial charge on any atom is -0.458 e. The lowest BCUT2D eigenvalue weighted by Crippen LogP contribution is -2.06. The zero-order valence-corrected chi connectivity index (χ0v) is 8.36. The van der Waals surface area contributed by atoms with Gasteiger partial charge in [0.15, 0.2) is 0 Å². The van der Waals surface area contributed by atoms with E-state index >= 15 is 0 Å². The number of rotatable bonds is 5. The van der Waals surface area contributed by atoms with Crippen molar-refractivity contribution in [2.75, 3.05) is 6.61 Å². The minimum atomic E-state index is -2.92. The standard InChI is InChI=1S/C11H10F2O3/c1-2-6-15-10(14)8-4-3-5-9(7-8)16-11(12)13/h2-5,7,11H,1,6H2. The number of ether oxygens (including phenoxy) is 2. The quantitative estimate of drug-likeness (QED) is 0.574. The number of esters is 1. The number of halogens is 2. The maximum atomic E-state index is 11.9. The van der Waals surface area contributed by atoms with Crippen LogP contribution in [-0.2, 0) is 4.74 Å². The van der Waals surface area contributed by atoms with E-state index in [2.05, 4.69) is 11.3 Å². The number of benzene rings is 1. The summed E-state index contributed by atoms with van der Waals surface area (Å²) in [5, 5.41) is 0. The second-order valence-corrected chi connectivity index (χ2v) is 2.79. The lowest BCUT2D eigenvalue weighted by molar-refractivity contribution is -0.0499. The third kappa shape index (κ3) is 3.68. The molecule has 0 fully saturated rings. The maximum Gasteiger partial charge on any atom is 0.387 e. The van der Waals surface area contributed by atoms with Gasteiger partial charge in [0.25, 0.3) is 0 Å². The lowest BCUT2D eigenvalue weighted by atomic mass is 10.2. The summed E-state index contributed by atoms with van der Waals surface area (Å²) in [6.45, 7) is 0.533. The molecule has 0 N–H and O–H groups in total. The highest BCUT2D eigenvalue weighted by Gasteiger charge is 2.09. The van der Waals surface area contributed by atoms with E-state index in [4.69, 9.17) is 4.74 Å². The maximum absolute atomic E-state index is 11.9. The third-order valence-corrected chi connectivity index (χ3v) is 1.63. The van der Waals surface area contributed by atoms with Gasteiger partial charge in [-0.2, -0.15) is 8.78 Å². The zero-order valence-electron chi connectivity index (χ0n) is 8.36. The van der Waals surface area contributed by atoms with E-state index in [0.29, 0.717) is 0 Å². The van der Waals surface area contributed by atoms with Gasteiger partial charge < -0.3 is 9.47 Å². The summed E-state index contributed by atoms with van der Waals surface area (Å²) >= 11 is 0. The van der Waals surface area contributed by atoms with Gasteiger partial charge in [-0.25, -0.2) is 4.79 Å². The van der Waals surface area contributed by atoms with Crippen LogP contribution in [0.2, 0.25) is 0 Å². The molecule has 0 aliphatic heterocycles. The molecule has 0 unspecified atom stereocenters. The van der Waals surface area contributed by atoms with Crippen molar-refractivity contribution in [3.63, 3.8) is 0 Å². The Morgan fingerprint density at radius 3 is 2.88 bits per heavy atom. The zero-order chi connectivity index (χ0) is 12.0. The average molecular weight is 228 g/mol. The van der Waals surface area contributed by atoms with Crippen LogP contribution in [0.4, 0.5) is 8.78 Å². The molecule has 0 heterocycles. The molecule has 0 bridgehead atoms. The van der Waals surface area contributed by atoms with Gasteiger partial charge in [0.05, 0.1) is 5.56 Å². The normalized spacial score (nSPS) is 9.94. The van der Waals surface area contributed by atoms with Crippen LogP contribution in [0.3, 0.4) is 0 Å². The Balaban J connectivity index is 2.73. The van der Waals surface area contributed by atoms with Crippen LogP contribution in [0.25, 0.3) is 0 Å². The van der Waals surface area contributed by atoms with Crippen molar-refractivity contribution in [2.45, 2.75) is 6.61 Å². The van der Waals surface area contributed by atoms with Crippen LogP contribution in [0.5, 0.6) is 5.75 Å². The predicted molar refractivity (Wildman–Crippen MR) is 53.6 cm³/mol. The van der Waals surface area contributed by atoms with Gasteiger partial charge in [-0.15, -0.1) is 0 Å². The monoisotopic (exact) mass is 228 g/mol. The molecule has 0 atom stereocenters. The third-order valence-electron chi connectivity index (χ3n) is 1.63. The highest BCUT2D eigenvalue weighted by molar-refractivity contribution is 5.89. The van der Waals surface area contributed by atoms with Crippen molar-refractivity contribution in [1.82, 2.24) is 0 Å². The molecule has 0 aromatic heterocycles. The van der Waals surface area contributed by atoms with E-state index in [1.165, 1.54) is 30.3 Å². The minimum absolute atomic E-state index is 0.0682. The van der Waals surface area contributed by atoms with Crippen LogP contribution in [0.15, 0.2) is 36.9 Å². The van der Waals surface area contributed by atoms with Gasteiger partial charge >= 0.3 is 12.6 Å². The molecule has 0 radical (unpaired) electrons. The number of hydrogen-bond donors (Lipinski definition) is 0. The number of hydrogen-bond acceptors (Lipinski definition) is 3. The van der Waals surface area contributed by atoms with Crippen LogP contribution in [0.1, 0.15) is 10.4 Å². The van der Waals surface area contributed by atoms with Crippen molar-refractivity contribution >= 4 is 5.97 Å². The van der Waals surface area contributed by atoms with Crippen molar-refractivity contribution in [3.8, 4) is 5.75 Å². The highest BCUT2D eigenvalue weighted by Crippen LogP contribution is 2.16. The average Bonchev–Trinajstić information content (AvgIpc) is 2.25. The van der Waals surface area contributed by atoms with Gasteiger partial charge in [0.1, 0.15) is 12.4 Å². The Bertz CT molecular complexity index is 377. The molecule has 0 spiro atoms. The first-order valence-corrected chi connectivity index (χ1v) is 4.46. The van der Waals surface area contributed by atoms with Crippen LogP contribution < -0.4 is 4.74 Å². The molecule has 0 aliphatic carbocycles. The fraction of sp³-hybridized carbons (Fsp3) is 0.182. The summed E-state index contributed by atoms with van der Waals surface area (Å²) in [6, 6.07) is 5.40. The highest BCUT2D eigenvalue weighted by atomic mass is 19.3. The predicted octanol–water partition coefficient (Wildman–Crippen LogP) is 2.63. The smallest absolute Gasteiger partial charge is 0.387 e. The molecule has 1 aromatic carbocycles. The fourth-order valence-corrected chi connectivity index (χ4v) is 1.02. The topological polar surface area (TPSA) is 35.5 Å². The van der Waals surface area contributed by atoms with E-state index in [9.17, 15) is 13.6 Å². The molecule has 16 heavy (non-hydrogen) atoms. The van der Waals surface area contributed by atoms with Gasteiger partial charge in [-0.3, -0.25) is 0 Å². The van der Waals surface area contributed by atoms with Crippen molar-refractivity contribution in [2.24, 2.45) is 0 Å². The first-order chi connectivity index (χ1) is 7.63. The SMILES string of the molecule is C=CCOC(=O)c1cccc(OC(F)F)c1. The molecular formula is C11H10F2O3. The lowest BCUT2D eigenvalue weighted by Gasteiger charge is -2.06. The summed E-state index contributed by atoms with van der Waals surface area (Å²) in [7, 11) is 0. The Kier molecular flexibility index (Phi) is 4.44. The number of carbonyl (C=O) groups is 1.